The minimum Gasteiger partial charge on any atom is -0.475 e. The maximum atomic E-state index is 10.3. The quantitative estimate of drug-likeness (QED) is 0.678. The van der Waals surface area contributed by atoms with E-state index in [-0.39, 0.29) is 5.82 Å². The Bertz CT molecular complexity index is 273. The normalized spacial score (nSPS) is 9.55. The summed E-state index contributed by atoms with van der Waals surface area (Å²) in [5, 5.41) is 8.48. The molecule has 0 aliphatic carbocycles. The van der Waals surface area contributed by atoms with E-state index in [2.05, 4.69) is 9.97 Å². The number of carboxylic acids is 1. The molecule has 0 aliphatic rings. The molecule has 4 heteroatoms. The summed E-state index contributed by atoms with van der Waals surface area (Å²) in [6.07, 6.45) is 2.18. The van der Waals surface area contributed by atoms with Crippen LogP contribution in [0.1, 0.15) is 23.2 Å². The molecule has 0 radical (unpaired) electrons. The summed E-state index contributed by atoms with van der Waals surface area (Å²) in [4.78, 5) is 17.7. The number of rotatable bonds is 2. The molecular weight excluding hydrogens is 144 g/mol. The minimum atomic E-state index is -1.08. The molecule has 1 rings (SSSR count). The van der Waals surface area contributed by atoms with E-state index in [0.717, 1.165) is 12.1 Å². The van der Waals surface area contributed by atoms with Crippen molar-refractivity contribution < 1.29 is 9.90 Å². The summed E-state index contributed by atoms with van der Waals surface area (Å²) in [7, 11) is 0. The first-order chi connectivity index (χ1) is 5.24. The average Bonchev–Trinajstić information content (AvgIpc) is 2.05. The van der Waals surface area contributed by atoms with Crippen molar-refractivity contribution in [1.29, 1.82) is 0 Å². The van der Waals surface area contributed by atoms with Crippen molar-refractivity contribution in [1.82, 2.24) is 9.97 Å². The molecule has 58 valence electrons. The lowest BCUT2D eigenvalue weighted by atomic mass is 10.3. The number of carbonyl (C=O) groups is 1. The van der Waals surface area contributed by atoms with E-state index in [4.69, 9.17) is 5.11 Å². The fourth-order valence-electron chi connectivity index (χ4n) is 0.696. The van der Waals surface area contributed by atoms with Gasteiger partial charge in [0.05, 0.1) is 0 Å². The van der Waals surface area contributed by atoms with Gasteiger partial charge in [-0.2, -0.15) is 0 Å². The molecule has 0 fully saturated rings. The van der Waals surface area contributed by atoms with Crippen LogP contribution in [0.2, 0.25) is 0 Å². The van der Waals surface area contributed by atoms with Crippen molar-refractivity contribution in [2.75, 3.05) is 0 Å². The lowest BCUT2D eigenvalue weighted by molar-refractivity contribution is 0.0683. The third kappa shape index (κ3) is 1.73. The van der Waals surface area contributed by atoms with E-state index < -0.39 is 5.97 Å². The van der Waals surface area contributed by atoms with Crippen molar-refractivity contribution in [3.8, 4) is 0 Å². The van der Waals surface area contributed by atoms with Gasteiger partial charge in [0.15, 0.2) is 0 Å². The lowest BCUT2D eigenvalue weighted by Crippen LogP contribution is -2.05. The summed E-state index contributed by atoms with van der Waals surface area (Å²) >= 11 is 0. The Morgan fingerprint density at radius 1 is 1.73 bits per heavy atom. The lowest BCUT2D eigenvalue weighted by Gasteiger charge is -1.95. The third-order valence-corrected chi connectivity index (χ3v) is 1.27. The Kier molecular flexibility index (Phi) is 2.15. The number of aromatic carboxylic acids is 1. The zero-order chi connectivity index (χ0) is 8.27. The summed E-state index contributed by atoms with van der Waals surface area (Å²) in [5.74, 6) is -1.22. The Labute approximate surface area is 63.9 Å². The van der Waals surface area contributed by atoms with E-state index in [9.17, 15) is 4.79 Å². The number of hydrogen-bond donors (Lipinski definition) is 1. The monoisotopic (exact) mass is 152 g/mol. The highest BCUT2D eigenvalue weighted by atomic mass is 16.4. The molecule has 0 saturated heterocycles. The van der Waals surface area contributed by atoms with Crippen LogP contribution in [-0.4, -0.2) is 21.0 Å². The molecule has 0 unspecified atom stereocenters. The van der Waals surface area contributed by atoms with Gasteiger partial charge in [0.25, 0.3) is 0 Å². The molecule has 1 N–H and O–H groups in total. The molecule has 0 spiro atoms. The van der Waals surface area contributed by atoms with Gasteiger partial charge in [0.1, 0.15) is 0 Å². The fraction of sp³-hybridized carbons (Fsp3) is 0.286. The maximum absolute atomic E-state index is 10.3. The Hall–Kier alpha value is -1.45. The molecule has 1 aromatic heterocycles. The summed E-state index contributed by atoms with van der Waals surface area (Å²) in [6.45, 7) is 1.91. The summed E-state index contributed by atoms with van der Waals surface area (Å²) in [6, 6.07) is 1.70. The standard InChI is InChI=1S/C7H8N2O2/c1-2-5-3-4-8-6(9-5)7(10)11/h3-4H,2H2,1H3,(H,10,11). The van der Waals surface area contributed by atoms with Gasteiger partial charge < -0.3 is 5.11 Å². The first-order valence-electron chi connectivity index (χ1n) is 3.29. The first kappa shape index (κ1) is 7.65. The van der Waals surface area contributed by atoms with Gasteiger partial charge in [-0.25, -0.2) is 14.8 Å². The molecule has 0 atom stereocenters. The predicted octanol–water partition coefficient (Wildman–Crippen LogP) is 0.737. The van der Waals surface area contributed by atoms with Gasteiger partial charge in [-0.15, -0.1) is 0 Å². The highest BCUT2D eigenvalue weighted by Crippen LogP contribution is 1.95. The van der Waals surface area contributed by atoms with Gasteiger partial charge >= 0.3 is 5.97 Å². The highest BCUT2D eigenvalue weighted by molar-refractivity contribution is 5.82. The average molecular weight is 152 g/mol. The zero-order valence-electron chi connectivity index (χ0n) is 6.11. The molecule has 0 bridgehead atoms. The third-order valence-electron chi connectivity index (χ3n) is 1.27. The smallest absolute Gasteiger partial charge is 0.373 e. The van der Waals surface area contributed by atoms with Gasteiger partial charge in [-0.05, 0) is 12.5 Å². The van der Waals surface area contributed by atoms with Crippen LogP contribution in [0, 0.1) is 0 Å². The highest BCUT2D eigenvalue weighted by Gasteiger charge is 2.04. The van der Waals surface area contributed by atoms with Crippen molar-refractivity contribution in [3.63, 3.8) is 0 Å². The molecule has 11 heavy (non-hydrogen) atoms. The van der Waals surface area contributed by atoms with Gasteiger partial charge in [-0.1, -0.05) is 6.92 Å². The molecule has 1 heterocycles. The Morgan fingerprint density at radius 3 is 3.00 bits per heavy atom. The molecule has 4 nitrogen and oxygen atoms in total. The van der Waals surface area contributed by atoms with Crippen LogP contribution in [-0.2, 0) is 6.42 Å². The number of aromatic nitrogens is 2. The van der Waals surface area contributed by atoms with E-state index in [0.29, 0.717) is 0 Å². The van der Waals surface area contributed by atoms with Crippen LogP contribution in [0.5, 0.6) is 0 Å². The largest absolute Gasteiger partial charge is 0.475 e. The second-order valence-electron chi connectivity index (χ2n) is 2.03. The Morgan fingerprint density at radius 2 is 2.45 bits per heavy atom. The number of nitrogens with zero attached hydrogens (tertiary/aromatic N) is 2. The van der Waals surface area contributed by atoms with Crippen LogP contribution in [0.15, 0.2) is 12.3 Å². The summed E-state index contributed by atoms with van der Waals surface area (Å²) in [5.41, 5.74) is 0.748. The van der Waals surface area contributed by atoms with Crippen molar-refractivity contribution in [2.24, 2.45) is 0 Å². The molecule has 1 aromatic rings. The number of aryl methyl sites for hydroxylation is 1. The molecule has 0 amide bonds. The van der Waals surface area contributed by atoms with Gasteiger partial charge in [0.2, 0.25) is 5.82 Å². The molecule has 0 saturated carbocycles. The van der Waals surface area contributed by atoms with Crippen molar-refractivity contribution in [2.45, 2.75) is 13.3 Å². The van der Waals surface area contributed by atoms with Crippen LogP contribution >= 0.6 is 0 Å². The van der Waals surface area contributed by atoms with Crippen LogP contribution in [0.25, 0.3) is 0 Å². The second kappa shape index (κ2) is 3.09. The van der Waals surface area contributed by atoms with Gasteiger partial charge in [-0.3, -0.25) is 0 Å². The zero-order valence-corrected chi connectivity index (χ0v) is 6.11. The summed E-state index contributed by atoms with van der Waals surface area (Å²) < 4.78 is 0. The van der Waals surface area contributed by atoms with Crippen LogP contribution in [0.4, 0.5) is 0 Å². The fourth-order valence-corrected chi connectivity index (χ4v) is 0.696. The number of carboxylic acid groups (broad SMARTS) is 1. The topological polar surface area (TPSA) is 63.1 Å². The van der Waals surface area contributed by atoms with E-state index in [1.165, 1.54) is 6.20 Å². The van der Waals surface area contributed by atoms with Crippen LogP contribution < -0.4 is 0 Å². The van der Waals surface area contributed by atoms with E-state index in [1.807, 2.05) is 6.92 Å². The SMILES string of the molecule is CCc1ccnc(C(=O)O)n1. The van der Waals surface area contributed by atoms with Crippen LogP contribution in [0.3, 0.4) is 0 Å². The molecule has 0 aromatic carbocycles. The van der Waals surface area contributed by atoms with E-state index >= 15 is 0 Å². The van der Waals surface area contributed by atoms with E-state index in [1.54, 1.807) is 6.07 Å². The second-order valence-corrected chi connectivity index (χ2v) is 2.03. The van der Waals surface area contributed by atoms with Crippen molar-refractivity contribution >= 4 is 5.97 Å². The Balaban J connectivity index is 3.01. The first-order valence-corrected chi connectivity index (χ1v) is 3.29. The van der Waals surface area contributed by atoms with Gasteiger partial charge in [0, 0.05) is 11.9 Å². The predicted molar refractivity (Wildman–Crippen MR) is 38.4 cm³/mol. The van der Waals surface area contributed by atoms with Crippen molar-refractivity contribution in [3.05, 3.63) is 23.8 Å². The molecule has 0 aliphatic heterocycles. The number of hydrogen-bond acceptors (Lipinski definition) is 3. The maximum Gasteiger partial charge on any atom is 0.373 e. The molecular formula is C7H8N2O2. The minimum absolute atomic E-state index is 0.135.